The number of carbonyl (C=O) groups is 1. The monoisotopic (exact) mass is 383 g/mol. The predicted molar refractivity (Wildman–Crippen MR) is 112 cm³/mol. The highest BCUT2D eigenvalue weighted by atomic mass is 16.5. The lowest BCUT2D eigenvalue weighted by Gasteiger charge is -2.44. The molecule has 0 radical (unpaired) electrons. The van der Waals surface area contributed by atoms with Gasteiger partial charge in [-0.15, -0.1) is 0 Å². The Labute approximate surface area is 165 Å². The van der Waals surface area contributed by atoms with Crippen LogP contribution in [0.25, 0.3) is 0 Å². The zero-order valence-electron chi connectivity index (χ0n) is 18.5. The molecule has 2 N–H and O–H groups in total. The van der Waals surface area contributed by atoms with E-state index >= 15 is 0 Å². The molecule has 2 atom stereocenters. The number of hydrogen-bond donors (Lipinski definition) is 2. The number of guanidine groups is 1. The first kappa shape index (κ1) is 23.7. The van der Waals surface area contributed by atoms with Gasteiger partial charge in [-0.3, -0.25) is 14.7 Å². The fraction of sp³-hybridized carbons (Fsp3) is 0.900. The maximum atomic E-state index is 12.1. The number of morpholine rings is 1. The van der Waals surface area contributed by atoms with Gasteiger partial charge in [-0.2, -0.15) is 0 Å². The zero-order valence-corrected chi connectivity index (χ0v) is 18.5. The van der Waals surface area contributed by atoms with Crippen LogP contribution >= 0.6 is 0 Å². The van der Waals surface area contributed by atoms with Crippen molar-refractivity contribution >= 4 is 11.9 Å². The van der Waals surface area contributed by atoms with E-state index in [1.807, 2.05) is 18.7 Å². The van der Waals surface area contributed by atoms with Crippen LogP contribution in [0.2, 0.25) is 0 Å². The molecule has 27 heavy (non-hydrogen) atoms. The molecular weight excluding hydrogens is 342 g/mol. The number of nitrogens with zero attached hydrogens (tertiary/aromatic N) is 3. The molecule has 1 saturated heterocycles. The Morgan fingerprint density at radius 2 is 1.74 bits per heavy atom. The second kappa shape index (κ2) is 11.5. The summed E-state index contributed by atoms with van der Waals surface area (Å²) >= 11 is 0. The van der Waals surface area contributed by atoms with E-state index in [0.717, 1.165) is 38.7 Å². The Morgan fingerprint density at radius 1 is 1.15 bits per heavy atom. The first-order valence-corrected chi connectivity index (χ1v) is 10.4. The van der Waals surface area contributed by atoms with Gasteiger partial charge in [0.2, 0.25) is 5.91 Å². The SMILES string of the molecule is CCNC(=NCC(C)(C)N1CC(C)OC(C)C1)NCCC(=O)N(CC)CC. The van der Waals surface area contributed by atoms with Gasteiger partial charge in [-0.05, 0) is 48.5 Å². The third kappa shape index (κ3) is 8.05. The first-order valence-electron chi connectivity index (χ1n) is 10.4. The highest BCUT2D eigenvalue weighted by molar-refractivity contribution is 5.81. The van der Waals surface area contributed by atoms with Gasteiger partial charge in [0.15, 0.2) is 5.96 Å². The maximum Gasteiger partial charge on any atom is 0.224 e. The molecule has 158 valence electrons. The molecule has 2 unspecified atom stereocenters. The Bertz CT molecular complexity index is 467. The molecule has 1 fully saturated rings. The smallest absolute Gasteiger partial charge is 0.224 e. The van der Waals surface area contributed by atoms with Crippen molar-refractivity contribution in [2.75, 3.05) is 45.8 Å². The third-order valence-corrected chi connectivity index (χ3v) is 4.99. The minimum absolute atomic E-state index is 0.0499. The Kier molecular flexibility index (Phi) is 10.1. The second-order valence-electron chi connectivity index (χ2n) is 7.91. The average molecular weight is 384 g/mol. The van der Waals surface area contributed by atoms with E-state index in [2.05, 4.69) is 50.2 Å². The topological polar surface area (TPSA) is 69.2 Å². The summed E-state index contributed by atoms with van der Waals surface area (Å²) in [6.45, 7) is 20.2. The summed E-state index contributed by atoms with van der Waals surface area (Å²) in [6.07, 6.45) is 0.970. The number of rotatable bonds is 9. The number of hydrogen-bond acceptors (Lipinski definition) is 4. The molecule has 0 bridgehead atoms. The van der Waals surface area contributed by atoms with E-state index in [-0.39, 0.29) is 23.7 Å². The molecular formula is C20H41N5O2. The molecule has 7 heteroatoms. The summed E-state index contributed by atoms with van der Waals surface area (Å²) < 4.78 is 5.85. The molecule has 1 aliphatic heterocycles. The average Bonchev–Trinajstić information content (AvgIpc) is 2.60. The van der Waals surface area contributed by atoms with E-state index in [9.17, 15) is 4.79 Å². The maximum absolute atomic E-state index is 12.1. The standard InChI is InChI=1S/C20H41N5O2/c1-8-21-19(22-12-11-18(26)24(9-2)10-3)23-15-20(6,7)25-13-16(4)27-17(5)14-25/h16-17H,8-15H2,1-7H3,(H2,21,22,23). The van der Waals surface area contributed by atoms with Gasteiger partial charge in [0.1, 0.15) is 0 Å². The van der Waals surface area contributed by atoms with Gasteiger partial charge in [-0.25, -0.2) is 0 Å². The predicted octanol–water partition coefficient (Wildman–Crippen LogP) is 1.69. The summed E-state index contributed by atoms with van der Waals surface area (Å²) in [4.78, 5) is 21.2. The normalized spacial score (nSPS) is 21.8. The van der Waals surface area contributed by atoms with Crippen molar-refractivity contribution in [1.82, 2.24) is 20.4 Å². The molecule has 7 nitrogen and oxygen atoms in total. The highest BCUT2D eigenvalue weighted by Crippen LogP contribution is 2.21. The molecule has 0 aromatic rings. The highest BCUT2D eigenvalue weighted by Gasteiger charge is 2.33. The van der Waals surface area contributed by atoms with Crippen molar-refractivity contribution in [2.45, 2.75) is 72.6 Å². The minimum atomic E-state index is -0.0499. The Balaban J connectivity index is 2.60. The van der Waals surface area contributed by atoms with Crippen molar-refractivity contribution in [3.8, 4) is 0 Å². The lowest BCUT2D eigenvalue weighted by atomic mass is 10.0. The van der Waals surface area contributed by atoms with Crippen LogP contribution in [0.15, 0.2) is 4.99 Å². The summed E-state index contributed by atoms with van der Waals surface area (Å²) in [5.74, 6) is 0.951. The Morgan fingerprint density at radius 3 is 2.26 bits per heavy atom. The number of ether oxygens (including phenoxy) is 1. The molecule has 1 rings (SSSR count). The first-order chi connectivity index (χ1) is 12.7. The quantitative estimate of drug-likeness (QED) is 0.468. The number of nitrogens with one attached hydrogen (secondary N) is 2. The molecule has 0 aliphatic carbocycles. The fourth-order valence-corrected chi connectivity index (χ4v) is 3.41. The van der Waals surface area contributed by atoms with Crippen molar-refractivity contribution in [3.63, 3.8) is 0 Å². The molecule has 1 heterocycles. The van der Waals surface area contributed by atoms with Gasteiger partial charge < -0.3 is 20.3 Å². The third-order valence-electron chi connectivity index (χ3n) is 4.99. The summed E-state index contributed by atoms with van der Waals surface area (Å²) in [6, 6.07) is 0. The van der Waals surface area contributed by atoms with Crippen LogP contribution in [0.1, 0.15) is 54.9 Å². The van der Waals surface area contributed by atoms with Gasteiger partial charge in [0.25, 0.3) is 0 Å². The zero-order chi connectivity index (χ0) is 20.4. The van der Waals surface area contributed by atoms with Crippen molar-refractivity contribution in [3.05, 3.63) is 0 Å². The second-order valence-corrected chi connectivity index (χ2v) is 7.91. The van der Waals surface area contributed by atoms with Crippen molar-refractivity contribution in [1.29, 1.82) is 0 Å². The number of carbonyl (C=O) groups excluding carboxylic acids is 1. The molecule has 0 aromatic carbocycles. The van der Waals surface area contributed by atoms with Crippen LogP contribution in [0.5, 0.6) is 0 Å². The number of amides is 1. The van der Waals surface area contributed by atoms with Crippen LogP contribution < -0.4 is 10.6 Å². The van der Waals surface area contributed by atoms with Crippen LogP contribution in [0, 0.1) is 0 Å². The van der Waals surface area contributed by atoms with Crippen LogP contribution in [-0.2, 0) is 9.53 Å². The summed E-state index contributed by atoms with van der Waals surface area (Å²) in [7, 11) is 0. The van der Waals surface area contributed by atoms with Crippen LogP contribution in [0.3, 0.4) is 0 Å². The molecule has 1 aliphatic rings. The molecule has 0 saturated carbocycles. The van der Waals surface area contributed by atoms with E-state index in [1.54, 1.807) is 0 Å². The van der Waals surface area contributed by atoms with Crippen LogP contribution in [0.4, 0.5) is 0 Å². The summed E-state index contributed by atoms with van der Waals surface area (Å²) in [5, 5.41) is 6.57. The largest absolute Gasteiger partial charge is 0.373 e. The fourth-order valence-electron chi connectivity index (χ4n) is 3.41. The van der Waals surface area contributed by atoms with Crippen molar-refractivity contribution < 1.29 is 9.53 Å². The Hall–Kier alpha value is -1.34. The van der Waals surface area contributed by atoms with Gasteiger partial charge in [0, 0.05) is 51.2 Å². The van der Waals surface area contributed by atoms with E-state index in [1.165, 1.54) is 0 Å². The van der Waals surface area contributed by atoms with E-state index in [0.29, 0.717) is 19.5 Å². The van der Waals surface area contributed by atoms with Gasteiger partial charge >= 0.3 is 0 Å². The van der Waals surface area contributed by atoms with Gasteiger partial charge in [0.05, 0.1) is 18.8 Å². The number of aliphatic imine (C=N–C) groups is 1. The molecule has 0 spiro atoms. The van der Waals surface area contributed by atoms with Crippen LogP contribution in [-0.4, -0.2) is 85.2 Å². The van der Waals surface area contributed by atoms with E-state index in [4.69, 9.17) is 9.73 Å². The van der Waals surface area contributed by atoms with Crippen molar-refractivity contribution in [2.24, 2.45) is 4.99 Å². The lowest BCUT2D eigenvalue weighted by Crippen LogP contribution is -2.56. The molecule has 1 amide bonds. The molecule has 0 aromatic heterocycles. The van der Waals surface area contributed by atoms with Gasteiger partial charge in [-0.1, -0.05) is 0 Å². The summed E-state index contributed by atoms with van der Waals surface area (Å²) in [5.41, 5.74) is -0.0499. The minimum Gasteiger partial charge on any atom is -0.373 e. The lowest BCUT2D eigenvalue weighted by molar-refractivity contribution is -0.130. The van der Waals surface area contributed by atoms with E-state index < -0.39 is 0 Å².